The lowest BCUT2D eigenvalue weighted by molar-refractivity contribution is -0.0448. The second-order valence-corrected chi connectivity index (χ2v) is 5.14. The fourth-order valence-electron chi connectivity index (χ4n) is 0.661. The van der Waals surface area contributed by atoms with Gasteiger partial charge in [-0.1, -0.05) is 6.07 Å². The molecule has 0 unspecified atom stereocenters. The maximum absolute atomic E-state index is 11.8. The first kappa shape index (κ1) is 11.5. The molecule has 0 amide bonds. The Bertz CT molecular complexity index is 382. The van der Waals surface area contributed by atoms with E-state index in [1.807, 2.05) is 0 Å². The van der Waals surface area contributed by atoms with Crippen molar-refractivity contribution in [3.05, 3.63) is 22.4 Å². The Morgan fingerprint density at radius 2 is 2.07 bits per heavy atom. The van der Waals surface area contributed by atoms with Gasteiger partial charge in [-0.15, -0.1) is 11.3 Å². The van der Waals surface area contributed by atoms with Crippen LogP contribution in [0.4, 0.5) is 13.2 Å². The zero-order chi connectivity index (χ0) is 10.8. The lowest BCUT2D eigenvalue weighted by Crippen LogP contribution is -2.35. The molecule has 0 aromatic carbocycles. The van der Waals surface area contributed by atoms with E-state index in [0.717, 1.165) is 0 Å². The minimum absolute atomic E-state index is 0.334. The molecular formula is C6H6F3NO2S2. The van der Waals surface area contributed by atoms with Gasteiger partial charge in [0, 0.05) is 11.4 Å². The first-order chi connectivity index (χ1) is 6.33. The van der Waals surface area contributed by atoms with E-state index in [1.165, 1.54) is 16.1 Å². The van der Waals surface area contributed by atoms with E-state index in [1.54, 1.807) is 17.5 Å². The Hall–Kier alpha value is -0.600. The van der Waals surface area contributed by atoms with Crippen molar-refractivity contribution in [1.29, 1.82) is 0 Å². The van der Waals surface area contributed by atoms with Crippen LogP contribution in [-0.4, -0.2) is 13.9 Å². The van der Waals surface area contributed by atoms with E-state index in [9.17, 15) is 21.6 Å². The number of hydrogen-bond acceptors (Lipinski definition) is 3. The summed E-state index contributed by atoms with van der Waals surface area (Å²) in [4.78, 5) is 0.526. The fraction of sp³-hybridized carbons (Fsp3) is 0.333. The highest BCUT2D eigenvalue weighted by Gasteiger charge is 2.45. The van der Waals surface area contributed by atoms with Crippen LogP contribution in [0, 0.1) is 0 Å². The number of sulfonamides is 1. The van der Waals surface area contributed by atoms with Gasteiger partial charge in [-0.25, -0.2) is 13.1 Å². The van der Waals surface area contributed by atoms with Crippen molar-refractivity contribution in [2.24, 2.45) is 0 Å². The van der Waals surface area contributed by atoms with Gasteiger partial charge in [0.2, 0.25) is 0 Å². The maximum atomic E-state index is 11.8. The van der Waals surface area contributed by atoms with Crippen molar-refractivity contribution in [3.63, 3.8) is 0 Å². The Morgan fingerprint density at radius 3 is 2.50 bits per heavy atom. The van der Waals surface area contributed by atoms with Crippen LogP contribution < -0.4 is 4.72 Å². The van der Waals surface area contributed by atoms with Gasteiger partial charge in [0.25, 0.3) is 0 Å². The summed E-state index contributed by atoms with van der Waals surface area (Å²) in [5, 5.41) is 1.65. The molecule has 3 nitrogen and oxygen atoms in total. The average molecular weight is 245 g/mol. The zero-order valence-corrected chi connectivity index (χ0v) is 8.34. The van der Waals surface area contributed by atoms with Gasteiger partial charge in [-0.2, -0.15) is 13.2 Å². The second kappa shape index (κ2) is 3.87. The summed E-state index contributed by atoms with van der Waals surface area (Å²) < 4.78 is 57.9. The molecule has 0 saturated carbocycles. The molecule has 1 heterocycles. The molecule has 8 heteroatoms. The van der Waals surface area contributed by atoms with Crippen molar-refractivity contribution in [2.45, 2.75) is 12.1 Å². The van der Waals surface area contributed by atoms with Gasteiger partial charge in [-0.05, 0) is 11.4 Å². The molecule has 14 heavy (non-hydrogen) atoms. The molecular weight excluding hydrogens is 239 g/mol. The van der Waals surface area contributed by atoms with E-state index in [4.69, 9.17) is 0 Å². The molecule has 1 aromatic heterocycles. The highest BCUT2D eigenvalue weighted by Crippen LogP contribution is 2.22. The third kappa shape index (κ3) is 2.69. The number of alkyl halides is 3. The van der Waals surface area contributed by atoms with Crippen LogP contribution >= 0.6 is 11.3 Å². The van der Waals surface area contributed by atoms with Gasteiger partial charge in [0.15, 0.2) is 0 Å². The standard InChI is InChI=1S/C6H6F3NO2S2/c7-6(8,9)14(11,12)10-4-5-2-1-3-13-5/h1-3,10H,4H2. The number of thiophene rings is 1. The predicted octanol–water partition coefficient (Wildman–Crippen LogP) is 1.69. The third-order valence-electron chi connectivity index (χ3n) is 1.32. The molecule has 0 aliphatic rings. The SMILES string of the molecule is O=S(=O)(NCc1cccs1)C(F)(F)F. The smallest absolute Gasteiger partial charge is 0.203 e. The van der Waals surface area contributed by atoms with Crippen LogP contribution in [0.3, 0.4) is 0 Å². The first-order valence-corrected chi connectivity index (χ1v) is 5.77. The highest BCUT2D eigenvalue weighted by atomic mass is 32.2. The van der Waals surface area contributed by atoms with Gasteiger partial charge in [-0.3, -0.25) is 0 Å². The van der Waals surface area contributed by atoms with Crippen LogP contribution in [0.15, 0.2) is 17.5 Å². The maximum Gasteiger partial charge on any atom is 0.511 e. The van der Waals surface area contributed by atoms with E-state index < -0.39 is 15.5 Å². The summed E-state index contributed by atoms with van der Waals surface area (Å²) in [5.41, 5.74) is -5.25. The summed E-state index contributed by atoms with van der Waals surface area (Å²) in [6, 6.07) is 3.17. The number of halogens is 3. The summed E-state index contributed by atoms with van der Waals surface area (Å²) in [5.74, 6) is 0. The average Bonchev–Trinajstić information content (AvgIpc) is 2.50. The molecule has 0 atom stereocenters. The molecule has 1 aromatic rings. The lowest BCUT2D eigenvalue weighted by atomic mass is 10.5. The molecule has 0 aliphatic carbocycles. The second-order valence-electron chi connectivity index (χ2n) is 2.35. The summed E-state index contributed by atoms with van der Waals surface area (Å²) in [6.45, 7) is -0.334. The van der Waals surface area contributed by atoms with Crippen LogP contribution in [0.25, 0.3) is 0 Å². The first-order valence-electron chi connectivity index (χ1n) is 3.41. The minimum Gasteiger partial charge on any atom is -0.203 e. The van der Waals surface area contributed by atoms with Crippen molar-refractivity contribution in [1.82, 2.24) is 4.72 Å². The van der Waals surface area contributed by atoms with Crippen LogP contribution in [0.5, 0.6) is 0 Å². The molecule has 1 N–H and O–H groups in total. The Morgan fingerprint density at radius 1 is 1.43 bits per heavy atom. The topological polar surface area (TPSA) is 46.2 Å². The van der Waals surface area contributed by atoms with Gasteiger partial charge in [0.05, 0.1) is 0 Å². The Labute approximate surface area is 82.6 Å². The fourth-order valence-corrected chi connectivity index (χ4v) is 1.91. The zero-order valence-electron chi connectivity index (χ0n) is 6.71. The van der Waals surface area contributed by atoms with Crippen molar-refractivity contribution < 1.29 is 21.6 Å². The monoisotopic (exact) mass is 245 g/mol. The molecule has 0 aliphatic heterocycles. The van der Waals surface area contributed by atoms with Gasteiger partial charge >= 0.3 is 15.5 Å². The molecule has 1 rings (SSSR count). The summed E-state index contributed by atoms with van der Waals surface area (Å²) in [6.07, 6.45) is 0. The van der Waals surface area contributed by atoms with Gasteiger partial charge < -0.3 is 0 Å². The van der Waals surface area contributed by atoms with Crippen LogP contribution in [0.2, 0.25) is 0 Å². The predicted molar refractivity (Wildman–Crippen MR) is 46.1 cm³/mol. The largest absolute Gasteiger partial charge is 0.511 e. The quantitative estimate of drug-likeness (QED) is 0.880. The molecule has 0 spiro atoms. The van der Waals surface area contributed by atoms with E-state index >= 15 is 0 Å². The highest BCUT2D eigenvalue weighted by molar-refractivity contribution is 7.90. The van der Waals surface area contributed by atoms with Crippen molar-refractivity contribution >= 4 is 21.4 Å². The van der Waals surface area contributed by atoms with Crippen LogP contribution in [-0.2, 0) is 16.6 Å². The summed E-state index contributed by atoms with van der Waals surface area (Å²) >= 11 is 1.18. The number of nitrogens with one attached hydrogen (secondary N) is 1. The van der Waals surface area contributed by atoms with E-state index in [2.05, 4.69) is 0 Å². The Kier molecular flexibility index (Phi) is 3.17. The Balaban J connectivity index is 2.63. The van der Waals surface area contributed by atoms with E-state index in [0.29, 0.717) is 4.88 Å². The van der Waals surface area contributed by atoms with Crippen molar-refractivity contribution in [3.8, 4) is 0 Å². The molecule has 0 radical (unpaired) electrons. The molecule has 80 valence electrons. The van der Waals surface area contributed by atoms with Crippen molar-refractivity contribution in [2.75, 3.05) is 0 Å². The molecule has 0 saturated heterocycles. The lowest BCUT2D eigenvalue weighted by Gasteiger charge is -2.07. The normalized spacial score (nSPS) is 13.1. The summed E-state index contributed by atoms with van der Waals surface area (Å²) in [7, 11) is -5.22. The number of rotatable bonds is 3. The third-order valence-corrected chi connectivity index (χ3v) is 3.33. The molecule has 0 bridgehead atoms. The van der Waals surface area contributed by atoms with E-state index in [-0.39, 0.29) is 6.54 Å². The number of hydrogen-bond donors (Lipinski definition) is 1. The van der Waals surface area contributed by atoms with Gasteiger partial charge in [0.1, 0.15) is 0 Å². The minimum atomic E-state index is -5.25. The van der Waals surface area contributed by atoms with Crippen LogP contribution in [0.1, 0.15) is 4.88 Å². The molecule has 0 fully saturated rings.